The minimum absolute atomic E-state index is 0.458. The molecule has 0 aromatic heterocycles. The third kappa shape index (κ3) is 21.4. The first-order chi connectivity index (χ1) is 14.3. The van der Waals surface area contributed by atoms with Gasteiger partial charge < -0.3 is 16.4 Å². The first-order valence-electron chi connectivity index (χ1n) is 12.8. The SMILES string of the molecule is CCCCCC(C)(C)CC(C)(C)CCCSNCCCNCCCCNCCCN. The second-order valence-corrected chi connectivity index (χ2v) is 11.5. The maximum absolute atomic E-state index is 5.48. The summed E-state index contributed by atoms with van der Waals surface area (Å²) in [6, 6.07) is 0. The van der Waals surface area contributed by atoms with Crippen LogP contribution in [0.1, 0.15) is 105 Å². The van der Waals surface area contributed by atoms with E-state index in [0.29, 0.717) is 10.8 Å². The largest absolute Gasteiger partial charge is 0.330 e. The van der Waals surface area contributed by atoms with Gasteiger partial charge in [-0.1, -0.05) is 65.8 Å². The van der Waals surface area contributed by atoms with E-state index in [-0.39, 0.29) is 0 Å². The van der Waals surface area contributed by atoms with Gasteiger partial charge in [-0.15, -0.1) is 0 Å². The number of nitrogens with one attached hydrogen (secondary N) is 3. The summed E-state index contributed by atoms with van der Waals surface area (Å²) in [5, 5.41) is 6.98. The van der Waals surface area contributed by atoms with Crippen molar-refractivity contribution in [2.75, 3.05) is 45.0 Å². The minimum atomic E-state index is 0.458. The number of rotatable bonds is 23. The van der Waals surface area contributed by atoms with Crippen LogP contribution in [-0.2, 0) is 0 Å². The summed E-state index contributed by atoms with van der Waals surface area (Å²) >= 11 is 1.92. The van der Waals surface area contributed by atoms with Crippen LogP contribution in [0.4, 0.5) is 0 Å². The van der Waals surface area contributed by atoms with Gasteiger partial charge in [0.15, 0.2) is 0 Å². The maximum atomic E-state index is 5.48. The predicted molar refractivity (Wildman–Crippen MR) is 139 cm³/mol. The summed E-state index contributed by atoms with van der Waals surface area (Å²) in [5.74, 6) is 1.23. The van der Waals surface area contributed by atoms with Crippen molar-refractivity contribution in [1.82, 2.24) is 15.4 Å². The van der Waals surface area contributed by atoms with Crippen LogP contribution in [0, 0.1) is 10.8 Å². The first kappa shape index (κ1) is 30.2. The average molecular weight is 445 g/mol. The Morgan fingerprint density at radius 3 is 1.83 bits per heavy atom. The van der Waals surface area contributed by atoms with Gasteiger partial charge in [-0.25, -0.2) is 0 Å². The fraction of sp³-hybridized carbons (Fsp3) is 1.00. The number of unbranched alkanes of at least 4 members (excludes halogenated alkanes) is 3. The topological polar surface area (TPSA) is 62.1 Å². The van der Waals surface area contributed by atoms with Gasteiger partial charge in [0.25, 0.3) is 0 Å². The van der Waals surface area contributed by atoms with E-state index in [1.165, 1.54) is 70.0 Å². The van der Waals surface area contributed by atoms with E-state index in [1.54, 1.807) is 0 Å². The fourth-order valence-corrected chi connectivity index (χ4v) is 5.08. The molecule has 0 atom stereocenters. The smallest absolute Gasteiger partial charge is 0.00788 e. The quantitative estimate of drug-likeness (QED) is 0.120. The zero-order chi connectivity index (χ0) is 22.6. The monoisotopic (exact) mass is 444 g/mol. The second kappa shape index (κ2) is 19.8. The fourth-order valence-electron chi connectivity index (χ4n) is 4.36. The molecule has 30 heavy (non-hydrogen) atoms. The van der Waals surface area contributed by atoms with Crippen molar-refractivity contribution in [3.8, 4) is 0 Å². The van der Waals surface area contributed by atoms with Crippen LogP contribution < -0.4 is 21.1 Å². The summed E-state index contributed by atoms with van der Waals surface area (Å²) in [5.41, 5.74) is 6.42. The summed E-state index contributed by atoms with van der Waals surface area (Å²) in [6.07, 6.45) is 14.3. The van der Waals surface area contributed by atoms with Gasteiger partial charge in [0.05, 0.1) is 0 Å². The highest BCUT2D eigenvalue weighted by Gasteiger charge is 2.27. The first-order valence-corrected chi connectivity index (χ1v) is 13.8. The van der Waals surface area contributed by atoms with Crippen LogP contribution in [-0.4, -0.2) is 45.0 Å². The molecule has 5 N–H and O–H groups in total. The lowest BCUT2D eigenvalue weighted by Crippen LogP contribution is -2.24. The lowest BCUT2D eigenvalue weighted by Gasteiger charge is -2.35. The van der Waals surface area contributed by atoms with E-state index in [0.717, 1.165) is 45.7 Å². The van der Waals surface area contributed by atoms with Crippen molar-refractivity contribution in [3.05, 3.63) is 0 Å². The van der Waals surface area contributed by atoms with Crippen molar-refractivity contribution < 1.29 is 0 Å². The molecular formula is C25H56N4S. The Labute approximate surface area is 194 Å². The molecule has 0 spiro atoms. The third-order valence-corrected chi connectivity index (χ3v) is 6.66. The van der Waals surface area contributed by atoms with Gasteiger partial charge in [0.1, 0.15) is 0 Å². The molecule has 0 saturated carbocycles. The van der Waals surface area contributed by atoms with Crippen molar-refractivity contribution in [2.24, 2.45) is 16.6 Å². The Bertz CT molecular complexity index is 361. The maximum Gasteiger partial charge on any atom is 0.00788 e. The van der Waals surface area contributed by atoms with Gasteiger partial charge in [-0.2, -0.15) is 0 Å². The van der Waals surface area contributed by atoms with Crippen LogP contribution in [0.5, 0.6) is 0 Å². The molecule has 0 amide bonds. The molecule has 0 aliphatic rings. The lowest BCUT2D eigenvalue weighted by molar-refractivity contribution is 0.167. The van der Waals surface area contributed by atoms with E-state index in [2.05, 4.69) is 50.0 Å². The molecule has 182 valence electrons. The number of nitrogens with two attached hydrogens (primary N) is 1. The van der Waals surface area contributed by atoms with Gasteiger partial charge >= 0.3 is 0 Å². The molecule has 0 bridgehead atoms. The highest BCUT2D eigenvalue weighted by Crippen LogP contribution is 2.40. The average Bonchev–Trinajstić information content (AvgIpc) is 2.67. The Morgan fingerprint density at radius 1 is 0.667 bits per heavy atom. The lowest BCUT2D eigenvalue weighted by atomic mass is 9.71. The van der Waals surface area contributed by atoms with Crippen LogP contribution in [0.15, 0.2) is 0 Å². The summed E-state index contributed by atoms with van der Waals surface area (Å²) in [7, 11) is 0. The third-order valence-electron chi connectivity index (χ3n) is 5.76. The van der Waals surface area contributed by atoms with Gasteiger partial charge in [0.2, 0.25) is 0 Å². The second-order valence-electron chi connectivity index (χ2n) is 10.5. The van der Waals surface area contributed by atoms with Gasteiger partial charge in [-0.05, 0) is 94.9 Å². The molecule has 5 heteroatoms. The molecular weight excluding hydrogens is 388 g/mol. The van der Waals surface area contributed by atoms with Crippen LogP contribution >= 0.6 is 11.9 Å². The standard InChI is InChI=1S/C25H56N4S/c1-6-7-8-14-24(2,3)23-25(4,5)15-11-22-30-29-21-13-20-28-18-10-9-17-27-19-12-16-26/h27-29H,6-23,26H2,1-5H3. The van der Waals surface area contributed by atoms with E-state index in [1.807, 2.05) is 11.9 Å². The normalized spacial score (nSPS) is 12.6. The van der Waals surface area contributed by atoms with Crippen molar-refractivity contribution in [3.63, 3.8) is 0 Å². The molecule has 0 rings (SSSR count). The van der Waals surface area contributed by atoms with Crippen LogP contribution in [0.2, 0.25) is 0 Å². The summed E-state index contributed by atoms with van der Waals surface area (Å²) < 4.78 is 3.54. The van der Waals surface area contributed by atoms with E-state index in [4.69, 9.17) is 5.73 Å². The molecule has 0 aliphatic carbocycles. The predicted octanol–water partition coefficient (Wildman–Crippen LogP) is 5.73. The van der Waals surface area contributed by atoms with Gasteiger partial charge in [-0.3, -0.25) is 4.72 Å². The van der Waals surface area contributed by atoms with Crippen molar-refractivity contribution in [2.45, 2.75) is 105 Å². The zero-order valence-electron chi connectivity index (χ0n) is 21.2. The molecule has 0 saturated heterocycles. The van der Waals surface area contributed by atoms with Gasteiger partial charge in [0, 0.05) is 12.3 Å². The van der Waals surface area contributed by atoms with Crippen LogP contribution in [0.25, 0.3) is 0 Å². The molecule has 0 aliphatic heterocycles. The van der Waals surface area contributed by atoms with E-state index >= 15 is 0 Å². The van der Waals surface area contributed by atoms with E-state index in [9.17, 15) is 0 Å². The summed E-state index contributed by atoms with van der Waals surface area (Å²) in [4.78, 5) is 0. The van der Waals surface area contributed by atoms with E-state index < -0.39 is 0 Å². The minimum Gasteiger partial charge on any atom is -0.330 e. The molecule has 4 nitrogen and oxygen atoms in total. The molecule has 0 fully saturated rings. The molecule has 0 heterocycles. The Balaban J connectivity index is 3.45. The van der Waals surface area contributed by atoms with Crippen molar-refractivity contribution in [1.29, 1.82) is 0 Å². The number of hydrogen-bond donors (Lipinski definition) is 4. The number of hydrogen-bond acceptors (Lipinski definition) is 5. The highest BCUT2D eigenvalue weighted by molar-refractivity contribution is 7.97. The Morgan fingerprint density at radius 2 is 1.23 bits per heavy atom. The molecule has 0 radical (unpaired) electrons. The highest BCUT2D eigenvalue weighted by atomic mass is 32.2. The molecule has 0 aromatic rings. The van der Waals surface area contributed by atoms with Crippen molar-refractivity contribution >= 4 is 11.9 Å². The molecule has 0 aromatic carbocycles. The summed E-state index contributed by atoms with van der Waals surface area (Å²) in [6.45, 7) is 18.5. The Hall–Kier alpha value is 0.190. The Kier molecular flexibility index (Phi) is 20.0. The molecule has 0 unspecified atom stereocenters. The zero-order valence-corrected chi connectivity index (χ0v) is 22.0. The van der Waals surface area contributed by atoms with Crippen LogP contribution in [0.3, 0.4) is 0 Å².